The van der Waals surface area contributed by atoms with Gasteiger partial charge in [0, 0.05) is 71.0 Å². The Bertz CT molecular complexity index is 735. The van der Waals surface area contributed by atoms with Gasteiger partial charge in [0.2, 0.25) is 0 Å². The average Bonchev–Trinajstić information content (AvgIpc) is 2.83. The van der Waals surface area contributed by atoms with Gasteiger partial charge in [-0.15, -0.1) is 24.0 Å². The van der Waals surface area contributed by atoms with E-state index in [1.807, 2.05) is 19.2 Å². The van der Waals surface area contributed by atoms with Crippen LogP contribution in [0.2, 0.25) is 0 Å². The summed E-state index contributed by atoms with van der Waals surface area (Å²) in [5.41, 5.74) is 1.16. The van der Waals surface area contributed by atoms with E-state index in [9.17, 15) is 0 Å². The highest BCUT2D eigenvalue weighted by Crippen LogP contribution is 2.25. The van der Waals surface area contributed by atoms with Crippen molar-refractivity contribution in [3.8, 4) is 11.5 Å². The number of guanidine groups is 1. The summed E-state index contributed by atoms with van der Waals surface area (Å²) >= 11 is 0. The lowest BCUT2D eigenvalue weighted by Crippen LogP contribution is -2.56. The summed E-state index contributed by atoms with van der Waals surface area (Å²) in [5.74, 6) is 3.36. The van der Waals surface area contributed by atoms with Crippen molar-refractivity contribution in [2.45, 2.75) is 26.4 Å². The van der Waals surface area contributed by atoms with Gasteiger partial charge in [0.15, 0.2) is 5.96 Å². The Kier molecular flexibility index (Phi) is 12.0. The van der Waals surface area contributed by atoms with Crippen molar-refractivity contribution in [1.29, 1.82) is 0 Å². The molecule has 0 spiro atoms. The first-order valence-corrected chi connectivity index (χ1v) is 11.8. The highest BCUT2D eigenvalue weighted by atomic mass is 127. The topological polar surface area (TPSA) is 61.8 Å². The molecule has 2 aliphatic rings. The zero-order chi connectivity index (χ0) is 22.9. The molecule has 1 N–H and O–H groups in total. The Morgan fingerprint density at radius 3 is 2.33 bits per heavy atom. The van der Waals surface area contributed by atoms with Gasteiger partial charge < -0.3 is 24.4 Å². The average molecular weight is 576 g/mol. The zero-order valence-corrected chi connectivity index (χ0v) is 23.2. The summed E-state index contributed by atoms with van der Waals surface area (Å²) in [4.78, 5) is 12.0. The number of morpholine rings is 1. The maximum Gasteiger partial charge on any atom is 0.193 e. The van der Waals surface area contributed by atoms with Crippen LogP contribution in [0.25, 0.3) is 0 Å². The van der Waals surface area contributed by atoms with Crippen molar-refractivity contribution < 1.29 is 14.2 Å². The van der Waals surface area contributed by atoms with E-state index in [1.54, 1.807) is 14.2 Å². The van der Waals surface area contributed by atoms with Crippen molar-refractivity contribution in [1.82, 2.24) is 20.0 Å². The van der Waals surface area contributed by atoms with Gasteiger partial charge in [-0.05, 0) is 24.1 Å². The van der Waals surface area contributed by atoms with E-state index < -0.39 is 0 Å². The van der Waals surface area contributed by atoms with Crippen LogP contribution in [0.4, 0.5) is 0 Å². The molecule has 0 aliphatic carbocycles. The van der Waals surface area contributed by atoms with Crippen LogP contribution < -0.4 is 14.8 Å². The molecule has 0 radical (unpaired) electrons. The number of halogens is 1. The molecule has 1 atom stereocenters. The quantitative estimate of drug-likeness (QED) is 0.290. The standard InChI is InChI=1S/C24H41N5O3.HI/c1-19(2)22(28-12-14-32-15-13-28)17-26-24(25-3)29-10-8-27(9-11-29)18-20-16-21(30-4)6-7-23(20)31-5;/h6-7,16,19,22H,8-15,17-18H2,1-5H3,(H,25,26);1H. The van der Waals surface area contributed by atoms with Crippen LogP contribution in [0.3, 0.4) is 0 Å². The minimum atomic E-state index is 0. The second-order valence-corrected chi connectivity index (χ2v) is 8.83. The molecule has 3 rings (SSSR count). The van der Waals surface area contributed by atoms with Gasteiger partial charge in [0.05, 0.1) is 27.4 Å². The SMILES string of the molecule is CN=C(NCC(C(C)C)N1CCOCC1)N1CCN(Cc2cc(OC)ccc2OC)CC1.I. The van der Waals surface area contributed by atoms with Gasteiger partial charge in [-0.3, -0.25) is 14.8 Å². The maximum atomic E-state index is 5.55. The number of hydrogen-bond donors (Lipinski definition) is 1. The molecule has 0 saturated carbocycles. The molecule has 2 fully saturated rings. The summed E-state index contributed by atoms with van der Waals surface area (Å²) in [5, 5.41) is 3.65. The van der Waals surface area contributed by atoms with Gasteiger partial charge in [0.1, 0.15) is 11.5 Å². The summed E-state index contributed by atoms with van der Waals surface area (Å²) < 4.78 is 16.5. The summed E-state index contributed by atoms with van der Waals surface area (Å²) in [7, 11) is 5.31. The number of ether oxygens (including phenoxy) is 3. The lowest BCUT2D eigenvalue weighted by atomic mass is 10.0. The first-order valence-electron chi connectivity index (χ1n) is 11.8. The molecule has 0 amide bonds. The van der Waals surface area contributed by atoms with Crippen molar-refractivity contribution in [3.05, 3.63) is 23.8 Å². The van der Waals surface area contributed by atoms with Gasteiger partial charge in [-0.2, -0.15) is 0 Å². The molecule has 0 bridgehead atoms. The number of rotatable bonds is 8. The summed E-state index contributed by atoms with van der Waals surface area (Å²) in [6, 6.07) is 6.48. The van der Waals surface area contributed by atoms with Crippen LogP contribution in [0, 0.1) is 5.92 Å². The zero-order valence-electron chi connectivity index (χ0n) is 20.9. The minimum absolute atomic E-state index is 0. The predicted octanol–water partition coefficient (Wildman–Crippen LogP) is 2.37. The number of nitrogens with one attached hydrogen (secondary N) is 1. The summed E-state index contributed by atoms with van der Waals surface area (Å²) in [6.07, 6.45) is 0. The monoisotopic (exact) mass is 575 g/mol. The molecule has 1 unspecified atom stereocenters. The predicted molar refractivity (Wildman–Crippen MR) is 144 cm³/mol. The highest BCUT2D eigenvalue weighted by Gasteiger charge is 2.26. The molecule has 1 aromatic carbocycles. The van der Waals surface area contributed by atoms with Crippen LogP contribution in [-0.2, 0) is 11.3 Å². The fourth-order valence-electron chi connectivity index (χ4n) is 4.59. The largest absolute Gasteiger partial charge is 0.497 e. The molecular weight excluding hydrogens is 533 g/mol. The molecular formula is C24H42IN5O3. The Balaban J connectivity index is 0.00000385. The molecule has 8 nitrogen and oxygen atoms in total. The lowest BCUT2D eigenvalue weighted by Gasteiger charge is -2.39. The first-order chi connectivity index (χ1) is 15.5. The number of methoxy groups -OCH3 is 2. The molecule has 9 heteroatoms. The molecule has 2 saturated heterocycles. The second kappa shape index (κ2) is 14.2. The van der Waals surface area contributed by atoms with E-state index >= 15 is 0 Å². The third kappa shape index (κ3) is 7.87. The van der Waals surface area contributed by atoms with Crippen molar-refractivity contribution in [2.24, 2.45) is 10.9 Å². The smallest absolute Gasteiger partial charge is 0.193 e. The molecule has 2 aliphatic heterocycles. The molecule has 0 aromatic heterocycles. The Morgan fingerprint density at radius 1 is 1.06 bits per heavy atom. The Morgan fingerprint density at radius 2 is 1.76 bits per heavy atom. The first kappa shape index (κ1) is 27.9. The fourth-order valence-corrected chi connectivity index (χ4v) is 4.59. The Labute approximate surface area is 216 Å². The molecule has 1 aromatic rings. The van der Waals surface area contributed by atoms with E-state index in [0.29, 0.717) is 12.0 Å². The van der Waals surface area contributed by atoms with E-state index in [4.69, 9.17) is 14.2 Å². The maximum absolute atomic E-state index is 5.55. The number of aliphatic imine (C=N–C) groups is 1. The number of hydrogen-bond acceptors (Lipinski definition) is 6. The van der Waals surface area contributed by atoms with E-state index in [2.05, 4.69) is 44.9 Å². The van der Waals surface area contributed by atoms with Crippen LogP contribution >= 0.6 is 24.0 Å². The second-order valence-electron chi connectivity index (χ2n) is 8.83. The Hall–Kier alpha value is -1.30. The minimum Gasteiger partial charge on any atom is -0.497 e. The lowest BCUT2D eigenvalue weighted by molar-refractivity contribution is 0.00734. The van der Waals surface area contributed by atoms with Crippen LogP contribution in [0.1, 0.15) is 19.4 Å². The number of piperazine rings is 1. The van der Waals surface area contributed by atoms with Crippen LogP contribution in [0.15, 0.2) is 23.2 Å². The van der Waals surface area contributed by atoms with Crippen LogP contribution in [0.5, 0.6) is 11.5 Å². The third-order valence-corrected chi connectivity index (χ3v) is 6.52. The van der Waals surface area contributed by atoms with E-state index in [0.717, 1.165) is 88.6 Å². The molecule has 188 valence electrons. The number of nitrogens with zero attached hydrogens (tertiary/aromatic N) is 4. The van der Waals surface area contributed by atoms with Gasteiger partial charge in [-0.1, -0.05) is 13.8 Å². The van der Waals surface area contributed by atoms with E-state index in [-0.39, 0.29) is 24.0 Å². The van der Waals surface area contributed by atoms with Gasteiger partial charge in [0.25, 0.3) is 0 Å². The summed E-state index contributed by atoms with van der Waals surface area (Å²) in [6.45, 7) is 13.9. The van der Waals surface area contributed by atoms with E-state index in [1.165, 1.54) is 0 Å². The van der Waals surface area contributed by atoms with Gasteiger partial charge >= 0.3 is 0 Å². The third-order valence-electron chi connectivity index (χ3n) is 6.52. The number of benzene rings is 1. The normalized spacial score (nSPS) is 19.2. The fraction of sp³-hybridized carbons (Fsp3) is 0.708. The molecule has 2 heterocycles. The highest BCUT2D eigenvalue weighted by molar-refractivity contribution is 14.0. The van der Waals surface area contributed by atoms with Crippen molar-refractivity contribution >= 4 is 29.9 Å². The van der Waals surface area contributed by atoms with Crippen LogP contribution in [-0.4, -0.2) is 107 Å². The molecule has 33 heavy (non-hydrogen) atoms. The van der Waals surface area contributed by atoms with Crippen molar-refractivity contribution in [2.75, 3.05) is 80.3 Å². The van der Waals surface area contributed by atoms with Crippen molar-refractivity contribution in [3.63, 3.8) is 0 Å². The van der Waals surface area contributed by atoms with Gasteiger partial charge in [-0.25, -0.2) is 0 Å².